The minimum absolute atomic E-state index is 0.0927. The minimum Gasteiger partial charge on any atom is -0.341 e. The zero-order valence-corrected chi connectivity index (χ0v) is 15.2. The highest BCUT2D eigenvalue weighted by Crippen LogP contribution is 2.34. The van der Waals surface area contributed by atoms with Gasteiger partial charge in [0.1, 0.15) is 0 Å². The molecule has 1 aliphatic rings. The molecule has 2 N–H and O–H groups in total. The van der Waals surface area contributed by atoms with E-state index in [1.807, 2.05) is 13.8 Å². The second-order valence-corrected chi connectivity index (χ2v) is 7.44. The van der Waals surface area contributed by atoms with E-state index >= 15 is 0 Å². The number of rotatable bonds is 5. The van der Waals surface area contributed by atoms with Crippen LogP contribution < -0.4 is 10.6 Å². The quantitative estimate of drug-likeness (QED) is 0.866. The lowest BCUT2D eigenvalue weighted by Crippen LogP contribution is -2.40. The molecule has 2 rings (SSSR count). The second kappa shape index (κ2) is 7.26. The van der Waals surface area contributed by atoms with Crippen molar-refractivity contribution in [1.29, 1.82) is 0 Å². The number of hydrogen-bond acceptors (Lipinski definition) is 3. The van der Waals surface area contributed by atoms with Crippen molar-refractivity contribution >= 4 is 17.5 Å². The number of amides is 2. The number of nitrogens with zero attached hydrogens (tertiary/aromatic N) is 2. The number of anilines is 1. The molecule has 8 heteroatoms. The zero-order valence-electron chi connectivity index (χ0n) is 15.2. The van der Waals surface area contributed by atoms with Gasteiger partial charge in [-0.3, -0.25) is 9.59 Å². The first-order chi connectivity index (χ1) is 11.9. The summed E-state index contributed by atoms with van der Waals surface area (Å²) >= 11 is 0. The van der Waals surface area contributed by atoms with Crippen LogP contribution in [0, 0.1) is 5.41 Å². The molecule has 0 radical (unpaired) electrons. The Bertz CT molecular complexity index is 701. The zero-order chi connectivity index (χ0) is 19.7. The molecule has 0 aliphatic carbocycles. The normalized spacial score (nSPS) is 15.5. The summed E-state index contributed by atoms with van der Waals surface area (Å²) in [6.45, 7) is 4.73. The van der Waals surface area contributed by atoms with Gasteiger partial charge in [-0.15, -0.1) is 0 Å². The first-order valence-corrected chi connectivity index (χ1v) is 8.43. The van der Waals surface area contributed by atoms with Crippen LogP contribution in [-0.2, 0) is 11.0 Å². The van der Waals surface area contributed by atoms with E-state index in [0.717, 1.165) is 12.1 Å². The fourth-order valence-corrected chi connectivity index (χ4v) is 2.97. The van der Waals surface area contributed by atoms with E-state index in [1.165, 1.54) is 22.9 Å². The van der Waals surface area contributed by atoms with Gasteiger partial charge in [0.2, 0.25) is 5.91 Å². The van der Waals surface area contributed by atoms with Gasteiger partial charge in [-0.2, -0.15) is 13.2 Å². The molecule has 2 amide bonds. The molecule has 0 saturated carbocycles. The van der Waals surface area contributed by atoms with Crippen molar-refractivity contribution in [3.8, 4) is 0 Å². The Labute approximate surface area is 150 Å². The molecular formula is C18H24F3N3O2. The van der Waals surface area contributed by atoms with E-state index in [-0.39, 0.29) is 22.6 Å². The van der Waals surface area contributed by atoms with Gasteiger partial charge in [-0.05, 0) is 36.6 Å². The summed E-state index contributed by atoms with van der Waals surface area (Å²) in [5.74, 6) is -0.772. The standard InChI is InChI=1S/C18H24F3N3O2/c1-17(2,10-22)11-23(3)16(26)12-7-13(18(19,20)21)9-14(8-12)24-6-4-5-15(24)25/h7-9H,4-6,10-11,22H2,1-3H3. The first-order valence-electron chi connectivity index (χ1n) is 8.43. The number of carbonyl (C=O) groups excluding carboxylic acids is 2. The van der Waals surface area contributed by atoms with Gasteiger partial charge >= 0.3 is 6.18 Å². The number of nitrogens with two attached hydrogens (primary N) is 1. The van der Waals surface area contributed by atoms with E-state index < -0.39 is 17.6 Å². The molecule has 0 spiro atoms. The number of hydrogen-bond donors (Lipinski definition) is 1. The summed E-state index contributed by atoms with van der Waals surface area (Å²) in [5.41, 5.74) is 4.38. The molecule has 1 aromatic carbocycles. The minimum atomic E-state index is -4.61. The SMILES string of the molecule is CN(CC(C)(C)CN)C(=O)c1cc(N2CCCC2=O)cc(C(F)(F)F)c1. The van der Waals surface area contributed by atoms with E-state index in [2.05, 4.69) is 0 Å². The van der Waals surface area contributed by atoms with Gasteiger partial charge < -0.3 is 15.5 Å². The average Bonchev–Trinajstić information content (AvgIpc) is 2.98. The van der Waals surface area contributed by atoms with E-state index in [0.29, 0.717) is 32.5 Å². The van der Waals surface area contributed by atoms with Gasteiger partial charge in [-0.25, -0.2) is 0 Å². The van der Waals surface area contributed by atoms with Gasteiger partial charge in [0.25, 0.3) is 5.91 Å². The average molecular weight is 371 g/mol. The Hall–Kier alpha value is -2.09. The van der Waals surface area contributed by atoms with Gasteiger partial charge in [0.15, 0.2) is 0 Å². The topological polar surface area (TPSA) is 66.6 Å². The molecule has 0 bridgehead atoms. The fraction of sp³-hybridized carbons (Fsp3) is 0.556. The molecule has 1 fully saturated rings. The predicted molar refractivity (Wildman–Crippen MR) is 92.8 cm³/mol. The predicted octanol–water partition coefficient (Wildman–Crippen LogP) is 2.89. The highest BCUT2D eigenvalue weighted by molar-refractivity contribution is 5.99. The molecule has 0 atom stereocenters. The maximum absolute atomic E-state index is 13.3. The molecule has 1 aliphatic heterocycles. The fourth-order valence-electron chi connectivity index (χ4n) is 2.97. The molecule has 0 unspecified atom stereocenters. The third kappa shape index (κ3) is 4.55. The second-order valence-electron chi connectivity index (χ2n) is 7.44. The van der Waals surface area contributed by atoms with Crippen LogP contribution in [0.2, 0.25) is 0 Å². The molecular weight excluding hydrogens is 347 g/mol. The molecule has 5 nitrogen and oxygen atoms in total. The van der Waals surface area contributed by atoms with Crippen molar-refractivity contribution < 1.29 is 22.8 Å². The molecule has 1 aromatic rings. The van der Waals surface area contributed by atoms with Crippen molar-refractivity contribution in [2.75, 3.05) is 31.6 Å². The Balaban J connectivity index is 2.40. The summed E-state index contributed by atoms with van der Waals surface area (Å²) in [7, 11) is 1.53. The summed E-state index contributed by atoms with van der Waals surface area (Å²) in [6.07, 6.45) is -3.73. The third-order valence-electron chi connectivity index (χ3n) is 4.44. The van der Waals surface area contributed by atoms with Crippen LogP contribution in [0.3, 0.4) is 0 Å². The highest BCUT2D eigenvalue weighted by atomic mass is 19.4. The van der Waals surface area contributed by atoms with Crippen molar-refractivity contribution in [1.82, 2.24) is 4.90 Å². The summed E-state index contributed by atoms with van der Waals surface area (Å²) in [5, 5.41) is 0. The number of benzene rings is 1. The van der Waals surface area contributed by atoms with E-state index in [1.54, 1.807) is 0 Å². The Morgan fingerprint density at radius 3 is 2.42 bits per heavy atom. The summed E-state index contributed by atoms with van der Waals surface area (Å²) in [4.78, 5) is 27.3. The van der Waals surface area contributed by atoms with Gasteiger partial charge in [0, 0.05) is 37.8 Å². The summed E-state index contributed by atoms with van der Waals surface area (Å²) < 4.78 is 39.8. The molecule has 0 aromatic heterocycles. The Morgan fingerprint density at radius 2 is 1.92 bits per heavy atom. The lowest BCUT2D eigenvalue weighted by molar-refractivity contribution is -0.137. The lowest BCUT2D eigenvalue weighted by atomic mass is 9.93. The third-order valence-corrected chi connectivity index (χ3v) is 4.44. The maximum atomic E-state index is 13.3. The van der Waals surface area contributed by atoms with Crippen LogP contribution in [0.1, 0.15) is 42.6 Å². The van der Waals surface area contributed by atoms with Crippen LogP contribution in [0.4, 0.5) is 18.9 Å². The number of alkyl halides is 3. The maximum Gasteiger partial charge on any atom is 0.416 e. The van der Waals surface area contributed by atoms with E-state index in [9.17, 15) is 22.8 Å². The highest BCUT2D eigenvalue weighted by Gasteiger charge is 2.34. The van der Waals surface area contributed by atoms with Crippen LogP contribution in [0.25, 0.3) is 0 Å². The smallest absolute Gasteiger partial charge is 0.341 e. The molecule has 26 heavy (non-hydrogen) atoms. The van der Waals surface area contributed by atoms with Crippen molar-refractivity contribution in [3.05, 3.63) is 29.3 Å². The Kier molecular flexibility index (Phi) is 5.65. The number of carbonyl (C=O) groups is 2. The van der Waals surface area contributed by atoms with Crippen molar-refractivity contribution in [2.24, 2.45) is 11.1 Å². The van der Waals surface area contributed by atoms with Crippen LogP contribution in [0.15, 0.2) is 18.2 Å². The Morgan fingerprint density at radius 1 is 1.27 bits per heavy atom. The van der Waals surface area contributed by atoms with Crippen LogP contribution in [0.5, 0.6) is 0 Å². The molecule has 144 valence electrons. The van der Waals surface area contributed by atoms with Gasteiger partial charge in [-0.1, -0.05) is 13.8 Å². The molecule has 1 saturated heterocycles. The first kappa shape index (κ1) is 20.2. The van der Waals surface area contributed by atoms with E-state index in [4.69, 9.17) is 5.73 Å². The lowest BCUT2D eigenvalue weighted by Gasteiger charge is -2.29. The van der Waals surface area contributed by atoms with Crippen molar-refractivity contribution in [2.45, 2.75) is 32.9 Å². The van der Waals surface area contributed by atoms with Gasteiger partial charge in [0.05, 0.1) is 5.56 Å². The largest absolute Gasteiger partial charge is 0.416 e. The van der Waals surface area contributed by atoms with Crippen LogP contribution in [-0.4, -0.2) is 43.4 Å². The van der Waals surface area contributed by atoms with Crippen molar-refractivity contribution in [3.63, 3.8) is 0 Å². The molecule has 1 heterocycles. The monoisotopic (exact) mass is 371 g/mol. The van der Waals surface area contributed by atoms with Crippen LogP contribution >= 0.6 is 0 Å². The number of halogens is 3. The summed E-state index contributed by atoms with van der Waals surface area (Å²) in [6, 6.07) is 3.11.